The van der Waals surface area contributed by atoms with Crippen LogP contribution in [0.25, 0.3) is 0 Å². The van der Waals surface area contributed by atoms with Gasteiger partial charge < -0.3 is 15.5 Å². The van der Waals surface area contributed by atoms with Crippen molar-refractivity contribution in [3.05, 3.63) is 59.9 Å². The number of urea groups is 1. The molecule has 7 heteroatoms. The molecule has 26 heavy (non-hydrogen) atoms. The maximum Gasteiger partial charge on any atom is 0.319 e. The smallest absolute Gasteiger partial charge is 0.319 e. The summed E-state index contributed by atoms with van der Waals surface area (Å²) >= 11 is 0. The van der Waals surface area contributed by atoms with Gasteiger partial charge in [0.15, 0.2) is 5.78 Å². The van der Waals surface area contributed by atoms with Gasteiger partial charge in [-0.1, -0.05) is 18.2 Å². The SMILES string of the molecule is CC(=O)c1cccc(NC(=O)NC2CC(=O)N(c3cccc(F)c3)C2)c1. The maximum atomic E-state index is 13.3. The van der Waals surface area contributed by atoms with Crippen molar-refractivity contribution >= 4 is 29.1 Å². The zero-order valence-electron chi connectivity index (χ0n) is 14.2. The van der Waals surface area contributed by atoms with Crippen molar-refractivity contribution in [3.8, 4) is 0 Å². The first-order valence-electron chi connectivity index (χ1n) is 8.17. The van der Waals surface area contributed by atoms with Crippen LogP contribution in [-0.2, 0) is 4.79 Å². The van der Waals surface area contributed by atoms with Crippen LogP contribution in [0, 0.1) is 5.82 Å². The number of nitrogens with one attached hydrogen (secondary N) is 2. The molecule has 1 saturated heterocycles. The van der Waals surface area contributed by atoms with Crippen LogP contribution >= 0.6 is 0 Å². The van der Waals surface area contributed by atoms with Crippen molar-refractivity contribution in [1.82, 2.24) is 5.32 Å². The predicted molar refractivity (Wildman–Crippen MR) is 95.8 cm³/mol. The van der Waals surface area contributed by atoms with Crippen molar-refractivity contribution in [2.24, 2.45) is 0 Å². The maximum absolute atomic E-state index is 13.3. The Hall–Kier alpha value is -3.22. The van der Waals surface area contributed by atoms with E-state index in [0.717, 1.165) is 0 Å². The van der Waals surface area contributed by atoms with Crippen molar-refractivity contribution in [1.29, 1.82) is 0 Å². The van der Waals surface area contributed by atoms with Gasteiger partial charge in [0.1, 0.15) is 5.82 Å². The Morgan fingerprint density at radius 1 is 1.15 bits per heavy atom. The largest absolute Gasteiger partial charge is 0.333 e. The van der Waals surface area contributed by atoms with Gasteiger partial charge in [0.25, 0.3) is 0 Å². The van der Waals surface area contributed by atoms with E-state index in [9.17, 15) is 18.8 Å². The number of anilines is 2. The predicted octanol–water partition coefficient (Wildman–Crippen LogP) is 2.96. The first kappa shape index (κ1) is 17.6. The summed E-state index contributed by atoms with van der Waals surface area (Å²) in [4.78, 5) is 37.2. The number of benzene rings is 2. The highest BCUT2D eigenvalue weighted by molar-refractivity contribution is 5.98. The van der Waals surface area contributed by atoms with E-state index in [1.165, 1.54) is 30.0 Å². The highest BCUT2D eigenvalue weighted by atomic mass is 19.1. The third kappa shape index (κ3) is 4.05. The lowest BCUT2D eigenvalue weighted by Gasteiger charge is -2.17. The molecule has 1 heterocycles. The summed E-state index contributed by atoms with van der Waals surface area (Å²) in [5.41, 5.74) is 1.45. The summed E-state index contributed by atoms with van der Waals surface area (Å²) in [6.45, 7) is 1.72. The fourth-order valence-corrected chi connectivity index (χ4v) is 2.87. The highest BCUT2D eigenvalue weighted by Gasteiger charge is 2.31. The van der Waals surface area contributed by atoms with E-state index >= 15 is 0 Å². The topological polar surface area (TPSA) is 78.5 Å². The van der Waals surface area contributed by atoms with Crippen LogP contribution in [0.5, 0.6) is 0 Å². The van der Waals surface area contributed by atoms with E-state index < -0.39 is 11.8 Å². The van der Waals surface area contributed by atoms with E-state index in [4.69, 9.17) is 0 Å². The Morgan fingerprint density at radius 2 is 1.92 bits per heavy atom. The van der Waals surface area contributed by atoms with E-state index in [2.05, 4.69) is 10.6 Å². The lowest BCUT2D eigenvalue weighted by molar-refractivity contribution is -0.117. The third-order valence-corrected chi connectivity index (χ3v) is 4.11. The Balaban J connectivity index is 1.61. The van der Waals surface area contributed by atoms with Crippen molar-refractivity contribution in [2.75, 3.05) is 16.8 Å². The molecule has 134 valence electrons. The third-order valence-electron chi connectivity index (χ3n) is 4.11. The average molecular weight is 355 g/mol. The van der Waals surface area contributed by atoms with Gasteiger partial charge in [0.2, 0.25) is 5.91 Å². The molecule has 2 aromatic rings. The lowest BCUT2D eigenvalue weighted by atomic mass is 10.1. The van der Waals surface area contributed by atoms with Gasteiger partial charge >= 0.3 is 6.03 Å². The molecule has 1 unspecified atom stereocenters. The zero-order chi connectivity index (χ0) is 18.7. The summed E-state index contributed by atoms with van der Waals surface area (Å²) in [5, 5.41) is 5.38. The Morgan fingerprint density at radius 3 is 2.65 bits per heavy atom. The van der Waals surface area contributed by atoms with Gasteiger partial charge in [0, 0.05) is 29.9 Å². The van der Waals surface area contributed by atoms with Crippen LogP contribution in [-0.4, -0.2) is 30.3 Å². The molecule has 0 spiro atoms. The Labute approximate surface area is 150 Å². The fourth-order valence-electron chi connectivity index (χ4n) is 2.87. The molecule has 2 aromatic carbocycles. The van der Waals surface area contributed by atoms with E-state index in [1.807, 2.05) is 0 Å². The monoisotopic (exact) mass is 355 g/mol. The van der Waals surface area contributed by atoms with Crippen LogP contribution < -0.4 is 15.5 Å². The van der Waals surface area contributed by atoms with Crippen LogP contribution in [0.15, 0.2) is 48.5 Å². The number of nitrogens with zero attached hydrogens (tertiary/aromatic N) is 1. The second-order valence-electron chi connectivity index (χ2n) is 6.12. The quantitative estimate of drug-likeness (QED) is 0.828. The van der Waals surface area contributed by atoms with E-state index in [-0.39, 0.29) is 30.7 Å². The van der Waals surface area contributed by atoms with Crippen molar-refractivity contribution in [2.45, 2.75) is 19.4 Å². The standard InChI is InChI=1S/C19H18FN3O3/c1-12(24)13-4-2-6-15(8-13)21-19(26)22-16-10-18(25)23(11-16)17-7-3-5-14(20)9-17/h2-9,16H,10-11H2,1H3,(H2,21,22,26). The lowest BCUT2D eigenvalue weighted by Crippen LogP contribution is -2.39. The second kappa shape index (κ2) is 7.35. The number of Topliss-reactive ketones (excluding diaryl/α,β-unsaturated/α-hetero) is 1. The van der Waals surface area contributed by atoms with Crippen LogP contribution in [0.2, 0.25) is 0 Å². The summed E-state index contributed by atoms with van der Waals surface area (Å²) in [6.07, 6.45) is 0.136. The molecule has 0 aromatic heterocycles. The van der Waals surface area contributed by atoms with Gasteiger partial charge in [-0.05, 0) is 37.3 Å². The number of carbonyl (C=O) groups is 3. The highest BCUT2D eigenvalue weighted by Crippen LogP contribution is 2.22. The molecule has 3 amide bonds. The fraction of sp³-hybridized carbons (Fsp3) is 0.211. The molecular weight excluding hydrogens is 337 g/mol. The first-order valence-corrected chi connectivity index (χ1v) is 8.17. The van der Waals surface area contributed by atoms with Crippen LogP contribution in [0.1, 0.15) is 23.7 Å². The number of ketones is 1. The number of amides is 3. The summed E-state index contributed by atoms with van der Waals surface area (Å²) in [5.74, 6) is -0.699. The van der Waals surface area contributed by atoms with Gasteiger partial charge in [-0.25, -0.2) is 9.18 Å². The normalized spacial score (nSPS) is 16.5. The van der Waals surface area contributed by atoms with Gasteiger partial charge in [-0.2, -0.15) is 0 Å². The van der Waals surface area contributed by atoms with Crippen LogP contribution in [0.3, 0.4) is 0 Å². The zero-order valence-corrected chi connectivity index (χ0v) is 14.2. The number of carbonyl (C=O) groups excluding carboxylic acids is 3. The van der Waals surface area contributed by atoms with Crippen LogP contribution in [0.4, 0.5) is 20.6 Å². The summed E-state index contributed by atoms with van der Waals surface area (Å²) < 4.78 is 13.3. The molecule has 1 aliphatic heterocycles. The Bertz CT molecular complexity index is 869. The molecule has 1 fully saturated rings. The summed E-state index contributed by atoms with van der Waals surface area (Å²) in [6, 6.07) is 11.5. The average Bonchev–Trinajstić information content (AvgIpc) is 2.95. The number of rotatable bonds is 4. The number of hydrogen-bond acceptors (Lipinski definition) is 3. The van der Waals surface area contributed by atoms with E-state index in [0.29, 0.717) is 16.9 Å². The molecule has 3 rings (SSSR count). The Kier molecular flexibility index (Phi) is 4.97. The minimum Gasteiger partial charge on any atom is -0.333 e. The second-order valence-corrected chi connectivity index (χ2v) is 6.12. The van der Waals surface area contributed by atoms with Gasteiger partial charge in [-0.15, -0.1) is 0 Å². The minimum absolute atomic E-state index is 0.0961. The van der Waals surface area contributed by atoms with Crippen molar-refractivity contribution < 1.29 is 18.8 Å². The van der Waals surface area contributed by atoms with E-state index in [1.54, 1.807) is 30.3 Å². The molecule has 0 saturated carbocycles. The number of hydrogen-bond donors (Lipinski definition) is 2. The summed E-state index contributed by atoms with van der Waals surface area (Å²) in [7, 11) is 0. The minimum atomic E-state index is -0.468. The molecule has 2 N–H and O–H groups in total. The van der Waals surface area contributed by atoms with Crippen molar-refractivity contribution in [3.63, 3.8) is 0 Å². The molecule has 0 bridgehead atoms. The molecule has 1 aliphatic rings. The van der Waals surface area contributed by atoms with Gasteiger partial charge in [-0.3, -0.25) is 9.59 Å². The molecular formula is C19H18FN3O3. The number of halogens is 1. The molecule has 6 nitrogen and oxygen atoms in total. The molecule has 0 radical (unpaired) electrons. The molecule has 1 atom stereocenters. The molecule has 0 aliphatic carbocycles. The first-order chi connectivity index (χ1) is 12.4. The van der Waals surface area contributed by atoms with Gasteiger partial charge in [0.05, 0.1) is 6.04 Å².